The van der Waals surface area contributed by atoms with Crippen molar-refractivity contribution < 1.29 is 9.90 Å². The van der Waals surface area contributed by atoms with Crippen LogP contribution in [0.1, 0.15) is 19.4 Å². The van der Waals surface area contributed by atoms with Crippen LogP contribution in [0.5, 0.6) is 0 Å². The molecular formula is C10H10BrClO2. The topological polar surface area (TPSA) is 37.3 Å². The van der Waals surface area contributed by atoms with E-state index in [-0.39, 0.29) is 0 Å². The van der Waals surface area contributed by atoms with Gasteiger partial charge < -0.3 is 5.11 Å². The number of benzene rings is 1. The Morgan fingerprint density at radius 1 is 1.50 bits per heavy atom. The van der Waals surface area contributed by atoms with E-state index < -0.39 is 11.4 Å². The summed E-state index contributed by atoms with van der Waals surface area (Å²) in [5, 5.41) is 9.57. The summed E-state index contributed by atoms with van der Waals surface area (Å²) in [5.74, 6) is -0.875. The van der Waals surface area contributed by atoms with Gasteiger partial charge in [0.15, 0.2) is 0 Å². The summed E-state index contributed by atoms with van der Waals surface area (Å²) in [6.45, 7) is 3.29. The first-order valence-electron chi connectivity index (χ1n) is 4.05. The lowest BCUT2D eigenvalue weighted by Crippen LogP contribution is -2.28. The van der Waals surface area contributed by atoms with Crippen molar-refractivity contribution in [3.8, 4) is 0 Å². The van der Waals surface area contributed by atoms with Crippen LogP contribution in [0.2, 0.25) is 5.02 Å². The molecule has 0 heterocycles. The van der Waals surface area contributed by atoms with Crippen molar-refractivity contribution in [3.05, 3.63) is 33.3 Å². The van der Waals surface area contributed by atoms with Crippen molar-refractivity contribution in [2.45, 2.75) is 19.3 Å². The Bertz CT molecular complexity index is 374. The summed E-state index contributed by atoms with van der Waals surface area (Å²) >= 11 is 9.17. The highest BCUT2D eigenvalue weighted by Crippen LogP contribution is 2.34. The number of rotatable bonds is 2. The van der Waals surface area contributed by atoms with E-state index in [9.17, 15) is 4.79 Å². The van der Waals surface area contributed by atoms with Gasteiger partial charge in [0, 0.05) is 4.47 Å². The van der Waals surface area contributed by atoms with Crippen molar-refractivity contribution in [2.24, 2.45) is 0 Å². The van der Waals surface area contributed by atoms with Gasteiger partial charge in [-0.05, 0) is 41.4 Å². The molecule has 0 fully saturated rings. The SMILES string of the molecule is CC(C)(C(=O)O)c1cccc(Cl)c1Br. The molecule has 1 aromatic carbocycles. The monoisotopic (exact) mass is 276 g/mol. The van der Waals surface area contributed by atoms with E-state index in [2.05, 4.69) is 15.9 Å². The summed E-state index contributed by atoms with van der Waals surface area (Å²) < 4.78 is 0.647. The van der Waals surface area contributed by atoms with Gasteiger partial charge in [-0.25, -0.2) is 0 Å². The van der Waals surface area contributed by atoms with Gasteiger partial charge in [0.2, 0.25) is 0 Å². The van der Waals surface area contributed by atoms with E-state index in [1.807, 2.05) is 0 Å². The predicted octanol–water partition coefficient (Wildman–Crippen LogP) is 3.46. The highest BCUT2D eigenvalue weighted by molar-refractivity contribution is 9.10. The minimum absolute atomic E-state index is 0.525. The van der Waals surface area contributed by atoms with E-state index in [1.54, 1.807) is 32.0 Å². The van der Waals surface area contributed by atoms with E-state index >= 15 is 0 Å². The number of hydrogen-bond acceptors (Lipinski definition) is 1. The van der Waals surface area contributed by atoms with E-state index in [0.29, 0.717) is 15.1 Å². The van der Waals surface area contributed by atoms with E-state index in [1.165, 1.54) is 0 Å². The maximum atomic E-state index is 11.0. The zero-order chi connectivity index (χ0) is 10.9. The third kappa shape index (κ3) is 1.93. The quantitative estimate of drug-likeness (QED) is 0.899. The first kappa shape index (κ1) is 11.5. The summed E-state index contributed by atoms with van der Waals surface area (Å²) in [5.41, 5.74) is -0.263. The third-order valence-corrected chi connectivity index (χ3v) is 3.56. The number of aliphatic carboxylic acids is 1. The lowest BCUT2D eigenvalue weighted by Gasteiger charge is -2.21. The zero-order valence-electron chi connectivity index (χ0n) is 7.84. The number of hydrogen-bond donors (Lipinski definition) is 1. The molecule has 0 unspecified atom stereocenters. The number of halogens is 2. The van der Waals surface area contributed by atoms with Crippen LogP contribution in [0.4, 0.5) is 0 Å². The van der Waals surface area contributed by atoms with Gasteiger partial charge in [-0.3, -0.25) is 4.79 Å². The maximum Gasteiger partial charge on any atom is 0.313 e. The Morgan fingerprint density at radius 2 is 2.07 bits per heavy atom. The van der Waals surface area contributed by atoms with Crippen molar-refractivity contribution in [3.63, 3.8) is 0 Å². The van der Waals surface area contributed by atoms with Crippen LogP contribution < -0.4 is 0 Å². The molecule has 14 heavy (non-hydrogen) atoms. The van der Waals surface area contributed by atoms with Crippen LogP contribution in [0, 0.1) is 0 Å². The van der Waals surface area contributed by atoms with E-state index in [4.69, 9.17) is 16.7 Å². The molecule has 2 nitrogen and oxygen atoms in total. The summed E-state index contributed by atoms with van der Waals surface area (Å²) in [6, 6.07) is 5.21. The summed E-state index contributed by atoms with van der Waals surface area (Å²) in [6.07, 6.45) is 0. The molecule has 0 radical (unpaired) electrons. The van der Waals surface area contributed by atoms with Crippen LogP contribution in [0.25, 0.3) is 0 Å². The van der Waals surface area contributed by atoms with Gasteiger partial charge >= 0.3 is 5.97 Å². The Labute approximate surface area is 96.0 Å². The zero-order valence-corrected chi connectivity index (χ0v) is 10.2. The molecule has 1 rings (SSSR count). The minimum atomic E-state index is -0.941. The average molecular weight is 278 g/mol. The Morgan fingerprint density at radius 3 is 2.57 bits per heavy atom. The molecule has 0 spiro atoms. The highest BCUT2D eigenvalue weighted by Gasteiger charge is 2.31. The van der Waals surface area contributed by atoms with Gasteiger partial charge in [0.25, 0.3) is 0 Å². The van der Waals surface area contributed by atoms with Crippen LogP contribution in [0.3, 0.4) is 0 Å². The molecule has 0 amide bonds. The van der Waals surface area contributed by atoms with Crippen LogP contribution in [0.15, 0.2) is 22.7 Å². The molecular weight excluding hydrogens is 267 g/mol. The molecule has 1 aromatic rings. The fraction of sp³-hybridized carbons (Fsp3) is 0.300. The third-order valence-electron chi connectivity index (χ3n) is 2.16. The summed E-state index contributed by atoms with van der Waals surface area (Å²) in [4.78, 5) is 11.0. The van der Waals surface area contributed by atoms with Crippen molar-refractivity contribution >= 4 is 33.5 Å². The second kappa shape index (κ2) is 3.91. The first-order chi connectivity index (χ1) is 6.37. The molecule has 0 saturated heterocycles. The summed E-state index contributed by atoms with van der Waals surface area (Å²) in [7, 11) is 0. The number of carboxylic acids is 1. The standard InChI is InChI=1S/C10H10BrClO2/c1-10(2,9(13)14)6-4-3-5-7(12)8(6)11/h3-5H,1-2H3,(H,13,14). The molecule has 76 valence electrons. The first-order valence-corrected chi connectivity index (χ1v) is 5.22. The average Bonchev–Trinajstić information content (AvgIpc) is 2.09. The highest BCUT2D eigenvalue weighted by atomic mass is 79.9. The second-order valence-electron chi connectivity index (χ2n) is 3.53. The molecule has 0 bridgehead atoms. The molecule has 4 heteroatoms. The smallest absolute Gasteiger partial charge is 0.313 e. The number of carboxylic acid groups (broad SMARTS) is 1. The molecule has 0 atom stereocenters. The van der Waals surface area contributed by atoms with Gasteiger partial charge in [0.1, 0.15) is 0 Å². The van der Waals surface area contributed by atoms with Crippen LogP contribution in [-0.4, -0.2) is 11.1 Å². The molecule has 0 aliphatic carbocycles. The minimum Gasteiger partial charge on any atom is -0.481 e. The van der Waals surface area contributed by atoms with Crippen molar-refractivity contribution in [1.82, 2.24) is 0 Å². The van der Waals surface area contributed by atoms with Crippen molar-refractivity contribution in [1.29, 1.82) is 0 Å². The van der Waals surface area contributed by atoms with Gasteiger partial charge in [-0.2, -0.15) is 0 Å². The molecule has 0 aliphatic heterocycles. The van der Waals surface area contributed by atoms with Gasteiger partial charge in [-0.15, -0.1) is 0 Å². The lowest BCUT2D eigenvalue weighted by molar-refractivity contribution is -0.142. The second-order valence-corrected chi connectivity index (χ2v) is 4.73. The molecule has 0 aliphatic rings. The predicted molar refractivity (Wildman–Crippen MR) is 59.8 cm³/mol. The van der Waals surface area contributed by atoms with Crippen LogP contribution in [-0.2, 0) is 10.2 Å². The van der Waals surface area contributed by atoms with Gasteiger partial charge in [0.05, 0.1) is 10.4 Å². The Kier molecular flexibility index (Phi) is 3.22. The Balaban J connectivity index is 3.33. The number of carbonyl (C=O) groups is 1. The Hall–Kier alpha value is -0.540. The van der Waals surface area contributed by atoms with Gasteiger partial charge in [-0.1, -0.05) is 23.7 Å². The lowest BCUT2D eigenvalue weighted by atomic mass is 9.85. The normalized spacial score (nSPS) is 11.4. The molecule has 0 aromatic heterocycles. The van der Waals surface area contributed by atoms with Crippen LogP contribution >= 0.6 is 27.5 Å². The fourth-order valence-corrected chi connectivity index (χ4v) is 2.04. The van der Waals surface area contributed by atoms with E-state index in [0.717, 1.165) is 0 Å². The van der Waals surface area contributed by atoms with Crippen molar-refractivity contribution in [2.75, 3.05) is 0 Å². The largest absolute Gasteiger partial charge is 0.481 e. The molecule has 0 saturated carbocycles. The fourth-order valence-electron chi connectivity index (χ4n) is 1.10. The maximum absolute atomic E-state index is 11.0. The molecule has 1 N–H and O–H groups in total.